The lowest BCUT2D eigenvalue weighted by Gasteiger charge is -2.14. The molecule has 4 rings (SSSR count). The standard InChI is InChI=1S/C20H21Br/c1-12-7-8-15(11-13(12)2)20(21)19-17-10-9-14-5-3-4-6-16(14)18(17)19/h3-8,11,17-20H,9-10H2,1-2H3. The zero-order chi connectivity index (χ0) is 14.6. The average molecular weight is 341 g/mol. The molecule has 0 bridgehead atoms. The minimum atomic E-state index is 0.498. The van der Waals surface area contributed by atoms with Crippen LogP contribution in [0.4, 0.5) is 0 Å². The van der Waals surface area contributed by atoms with Gasteiger partial charge < -0.3 is 0 Å². The van der Waals surface area contributed by atoms with Crippen molar-refractivity contribution in [1.82, 2.24) is 0 Å². The first-order valence-corrected chi connectivity index (χ1v) is 8.87. The molecule has 0 radical (unpaired) electrons. The first-order chi connectivity index (χ1) is 10.2. The molecule has 0 saturated heterocycles. The minimum absolute atomic E-state index is 0.498. The Morgan fingerprint density at radius 1 is 1.05 bits per heavy atom. The fourth-order valence-corrected chi connectivity index (χ4v) is 5.18. The molecule has 2 aromatic rings. The number of rotatable bonds is 2. The summed E-state index contributed by atoms with van der Waals surface area (Å²) < 4.78 is 0. The molecule has 0 N–H and O–H groups in total. The molecule has 0 amide bonds. The summed E-state index contributed by atoms with van der Waals surface area (Å²) in [5.41, 5.74) is 7.45. The molecule has 2 aliphatic rings. The highest BCUT2D eigenvalue weighted by Crippen LogP contribution is 2.66. The lowest BCUT2D eigenvalue weighted by atomic mass is 9.92. The van der Waals surface area contributed by atoms with Crippen LogP contribution in [-0.4, -0.2) is 0 Å². The zero-order valence-corrected chi connectivity index (χ0v) is 14.2. The summed E-state index contributed by atoms with van der Waals surface area (Å²) in [5, 5.41) is 0. The highest BCUT2D eigenvalue weighted by molar-refractivity contribution is 9.09. The summed E-state index contributed by atoms with van der Waals surface area (Å²) in [6, 6.07) is 16.0. The Balaban J connectivity index is 1.63. The molecular weight excluding hydrogens is 320 g/mol. The van der Waals surface area contributed by atoms with Gasteiger partial charge >= 0.3 is 0 Å². The number of alkyl halides is 1. The van der Waals surface area contributed by atoms with Crippen LogP contribution in [0.3, 0.4) is 0 Å². The number of halogens is 1. The van der Waals surface area contributed by atoms with Gasteiger partial charge in [0.15, 0.2) is 0 Å². The highest BCUT2D eigenvalue weighted by atomic mass is 79.9. The molecule has 1 fully saturated rings. The molecule has 4 atom stereocenters. The Hall–Kier alpha value is -1.08. The molecule has 0 aromatic heterocycles. The summed E-state index contributed by atoms with van der Waals surface area (Å²) >= 11 is 4.01. The number of fused-ring (bicyclic) bond motifs is 3. The van der Waals surface area contributed by atoms with Crippen molar-refractivity contribution in [3.05, 3.63) is 70.3 Å². The Bertz CT molecular complexity index is 688. The Morgan fingerprint density at radius 3 is 2.67 bits per heavy atom. The van der Waals surface area contributed by atoms with Crippen LogP contribution in [-0.2, 0) is 6.42 Å². The van der Waals surface area contributed by atoms with Crippen LogP contribution in [0.2, 0.25) is 0 Å². The van der Waals surface area contributed by atoms with E-state index in [1.807, 2.05) is 0 Å². The van der Waals surface area contributed by atoms with Crippen LogP contribution in [0.1, 0.15) is 45.0 Å². The third kappa shape index (κ3) is 2.17. The topological polar surface area (TPSA) is 0 Å². The summed E-state index contributed by atoms with van der Waals surface area (Å²) in [6.07, 6.45) is 2.62. The van der Waals surface area contributed by atoms with E-state index in [0.717, 1.165) is 17.8 Å². The molecule has 4 unspecified atom stereocenters. The van der Waals surface area contributed by atoms with E-state index in [0.29, 0.717) is 4.83 Å². The molecule has 0 heterocycles. The summed E-state index contributed by atoms with van der Waals surface area (Å²) in [5.74, 6) is 2.43. The lowest BCUT2D eigenvalue weighted by Crippen LogP contribution is -2.00. The molecule has 0 spiro atoms. The molecule has 21 heavy (non-hydrogen) atoms. The van der Waals surface area contributed by atoms with Crippen LogP contribution in [0, 0.1) is 25.7 Å². The van der Waals surface area contributed by atoms with Gasteiger partial charge in [-0.2, -0.15) is 0 Å². The molecule has 108 valence electrons. The van der Waals surface area contributed by atoms with Crippen molar-refractivity contribution in [2.45, 2.75) is 37.4 Å². The highest BCUT2D eigenvalue weighted by Gasteiger charge is 2.55. The normalized spacial score (nSPS) is 27.7. The van der Waals surface area contributed by atoms with Gasteiger partial charge in [-0.3, -0.25) is 0 Å². The van der Waals surface area contributed by atoms with Crippen LogP contribution in [0.25, 0.3) is 0 Å². The van der Waals surface area contributed by atoms with Crippen molar-refractivity contribution in [2.24, 2.45) is 11.8 Å². The van der Waals surface area contributed by atoms with Gasteiger partial charge in [0.25, 0.3) is 0 Å². The molecule has 2 aliphatic carbocycles. The summed E-state index contributed by atoms with van der Waals surface area (Å²) in [7, 11) is 0. The van der Waals surface area contributed by atoms with Crippen molar-refractivity contribution in [3.8, 4) is 0 Å². The number of hydrogen-bond acceptors (Lipinski definition) is 0. The Labute approximate surface area is 135 Å². The fraction of sp³-hybridized carbons (Fsp3) is 0.400. The van der Waals surface area contributed by atoms with Crippen molar-refractivity contribution in [1.29, 1.82) is 0 Å². The van der Waals surface area contributed by atoms with E-state index in [1.165, 1.54) is 29.5 Å². The van der Waals surface area contributed by atoms with Crippen molar-refractivity contribution < 1.29 is 0 Å². The van der Waals surface area contributed by atoms with Gasteiger partial charge in [0.05, 0.1) is 0 Å². The van der Waals surface area contributed by atoms with Gasteiger partial charge in [-0.05, 0) is 72.3 Å². The molecule has 0 aliphatic heterocycles. The van der Waals surface area contributed by atoms with Crippen molar-refractivity contribution in [3.63, 3.8) is 0 Å². The zero-order valence-electron chi connectivity index (χ0n) is 12.6. The maximum absolute atomic E-state index is 4.01. The van der Waals surface area contributed by atoms with Gasteiger partial charge in [-0.1, -0.05) is 58.4 Å². The minimum Gasteiger partial charge on any atom is -0.0835 e. The van der Waals surface area contributed by atoms with Gasteiger partial charge in [-0.15, -0.1) is 0 Å². The monoisotopic (exact) mass is 340 g/mol. The first-order valence-electron chi connectivity index (χ1n) is 7.96. The molecule has 1 heteroatoms. The van der Waals surface area contributed by atoms with E-state index >= 15 is 0 Å². The van der Waals surface area contributed by atoms with E-state index in [9.17, 15) is 0 Å². The first kappa shape index (κ1) is 13.6. The third-order valence-corrected chi connectivity index (χ3v) is 6.72. The second-order valence-corrected chi connectivity index (χ2v) is 7.74. The SMILES string of the molecule is Cc1ccc(C(Br)C2C3CCc4ccccc4C32)cc1C. The van der Waals surface area contributed by atoms with E-state index in [4.69, 9.17) is 0 Å². The maximum atomic E-state index is 4.01. The molecule has 1 saturated carbocycles. The van der Waals surface area contributed by atoms with Gasteiger partial charge in [0.1, 0.15) is 0 Å². The summed E-state index contributed by atoms with van der Waals surface area (Å²) in [6.45, 7) is 4.41. The van der Waals surface area contributed by atoms with Crippen LogP contribution < -0.4 is 0 Å². The lowest BCUT2D eigenvalue weighted by molar-refractivity contribution is 0.627. The van der Waals surface area contributed by atoms with Crippen LogP contribution in [0.15, 0.2) is 42.5 Å². The van der Waals surface area contributed by atoms with E-state index in [2.05, 4.69) is 72.2 Å². The van der Waals surface area contributed by atoms with E-state index < -0.39 is 0 Å². The maximum Gasteiger partial charge on any atom is 0.0432 e. The molecule has 0 nitrogen and oxygen atoms in total. The van der Waals surface area contributed by atoms with E-state index in [-0.39, 0.29) is 0 Å². The number of benzene rings is 2. The Kier molecular flexibility index (Phi) is 3.22. The fourth-order valence-electron chi connectivity index (χ4n) is 4.18. The van der Waals surface area contributed by atoms with Gasteiger partial charge in [0.2, 0.25) is 0 Å². The number of aryl methyl sites for hydroxylation is 3. The average Bonchev–Trinajstić information content (AvgIpc) is 3.24. The second kappa shape index (κ2) is 4.98. The molecule has 2 aromatic carbocycles. The van der Waals surface area contributed by atoms with Crippen LogP contribution in [0.5, 0.6) is 0 Å². The largest absolute Gasteiger partial charge is 0.0835 e. The number of hydrogen-bond donors (Lipinski definition) is 0. The summed E-state index contributed by atoms with van der Waals surface area (Å²) in [4.78, 5) is 0.498. The van der Waals surface area contributed by atoms with E-state index in [1.54, 1.807) is 11.1 Å². The smallest absolute Gasteiger partial charge is 0.0432 e. The third-order valence-electron chi connectivity index (χ3n) is 5.58. The Morgan fingerprint density at radius 2 is 1.86 bits per heavy atom. The predicted molar refractivity (Wildman–Crippen MR) is 92.1 cm³/mol. The van der Waals surface area contributed by atoms with Gasteiger partial charge in [-0.25, -0.2) is 0 Å². The van der Waals surface area contributed by atoms with Crippen LogP contribution >= 0.6 is 15.9 Å². The van der Waals surface area contributed by atoms with Crippen molar-refractivity contribution in [2.75, 3.05) is 0 Å². The second-order valence-electron chi connectivity index (χ2n) is 6.75. The quantitative estimate of drug-likeness (QED) is 0.613. The molecular formula is C20H21Br. The predicted octanol–water partition coefficient (Wildman–Crippen LogP) is 5.72. The van der Waals surface area contributed by atoms with Crippen molar-refractivity contribution >= 4 is 15.9 Å². The van der Waals surface area contributed by atoms with Gasteiger partial charge in [0, 0.05) is 4.83 Å².